The summed E-state index contributed by atoms with van der Waals surface area (Å²) < 4.78 is 4.55. The molecule has 0 saturated carbocycles. The van der Waals surface area contributed by atoms with E-state index in [1.807, 2.05) is 0 Å². The average molecular weight is 244 g/mol. The van der Waals surface area contributed by atoms with Gasteiger partial charge in [0.25, 0.3) is 0 Å². The summed E-state index contributed by atoms with van der Waals surface area (Å²) in [6.45, 7) is 7.15. The minimum absolute atomic E-state index is 0.176. The fraction of sp³-hybridized carbons (Fsp3) is 0.455. The van der Waals surface area contributed by atoms with E-state index in [9.17, 15) is 19.2 Å². The van der Waals surface area contributed by atoms with Crippen molar-refractivity contribution < 1.29 is 29.0 Å². The van der Waals surface area contributed by atoms with Crippen molar-refractivity contribution in [2.45, 2.75) is 20.8 Å². The van der Waals surface area contributed by atoms with E-state index < -0.39 is 29.4 Å². The van der Waals surface area contributed by atoms with Crippen LogP contribution in [0.5, 0.6) is 0 Å². The molecule has 0 rings (SSSR count). The molecule has 6 heteroatoms. The molecule has 0 bridgehead atoms. The van der Waals surface area contributed by atoms with Gasteiger partial charge in [0, 0.05) is 6.08 Å². The van der Waals surface area contributed by atoms with Crippen LogP contribution in [0.3, 0.4) is 0 Å². The van der Waals surface area contributed by atoms with Gasteiger partial charge >= 0.3 is 11.9 Å². The Kier molecular flexibility index (Phi) is 9.49. The number of Topliss-reactive ketones (excluding diaryl/α,β-unsaturated/α-hetero) is 2. The van der Waals surface area contributed by atoms with E-state index in [0.717, 1.165) is 6.08 Å². The van der Waals surface area contributed by atoms with Crippen LogP contribution in [0.25, 0.3) is 0 Å². The van der Waals surface area contributed by atoms with Crippen molar-refractivity contribution in [3.63, 3.8) is 0 Å². The van der Waals surface area contributed by atoms with Crippen molar-refractivity contribution in [1.82, 2.24) is 0 Å². The van der Waals surface area contributed by atoms with E-state index in [-0.39, 0.29) is 6.61 Å². The summed E-state index contributed by atoms with van der Waals surface area (Å²) in [7, 11) is 0. The van der Waals surface area contributed by atoms with Crippen LogP contribution >= 0.6 is 0 Å². The third-order valence-electron chi connectivity index (χ3n) is 1.51. The topological polar surface area (TPSA) is 97.7 Å². The predicted octanol–water partition coefficient (Wildman–Crippen LogP) is 0.601. The van der Waals surface area contributed by atoms with Crippen molar-refractivity contribution in [2.75, 3.05) is 6.61 Å². The highest BCUT2D eigenvalue weighted by atomic mass is 16.5. The lowest BCUT2D eigenvalue weighted by Crippen LogP contribution is -2.30. The summed E-state index contributed by atoms with van der Waals surface area (Å²) in [6.07, 6.45) is 0.833. The van der Waals surface area contributed by atoms with Gasteiger partial charge in [-0.15, -0.1) is 0 Å². The maximum atomic E-state index is 11.0. The van der Waals surface area contributed by atoms with Gasteiger partial charge in [0.15, 0.2) is 17.5 Å². The number of ether oxygens (including phenoxy) is 1. The number of hydrogen-bond acceptors (Lipinski definition) is 5. The average Bonchev–Trinajstić information content (AvgIpc) is 2.17. The van der Waals surface area contributed by atoms with Crippen LogP contribution in [0.2, 0.25) is 0 Å². The molecule has 0 atom stereocenters. The second-order valence-corrected chi connectivity index (χ2v) is 2.95. The first-order valence-corrected chi connectivity index (χ1v) is 4.80. The second kappa shape index (κ2) is 9.26. The third-order valence-corrected chi connectivity index (χ3v) is 1.51. The van der Waals surface area contributed by atoms with Crippen LogP contribution in [-0.2, 0) is 23.9 Å². The number of aliphatic carboxylic acids is 1. The van der Waals surface area contributed by atoms with Crippen LogP contribution in [0.1, 0.15) is 20.8 Å². The molecule has 0 amide bonds. The third kappa shape index (κ3) is 8.98. The normalized spacial score (nSPS) is 8.71. The Morgan fingerprint density at radius 1 is 1.24 bits per heavy atom. The lowest BCUT2D eigenvalue weighted by atomic mass is 10.0. The van der Waals surface area contributed by atoms with E-state index in [1.54, 1.807) is 6.92 Å². The van der Waals surface area contributed by atoms with Crippen molar-refractivity contribution in [2.24, 2.45) is 5.92 Å². The molecule has 0 aromatic heterocycles. The van der Waals surface area contributed by atoms with Gasteiger partial charge in [0.05, 0.1) is 6.61 Å². The summed E-state index contributed by atoms with van der Waals surface area (Å²) >= 11 is 0. The quantitative estimate of drug-likeness (QED) is 0.432. The number of carboxylic acids is 1. The zero-order valence-corrected chi connectivity index (χ0v) is 10.1. The highest BCUT2D eigenvalue weighted by Crippen LogP contribution is 2.02. The van der Waals surface area contributed by atoms with E-state index in [1.165, 1.54) is 13.8 Å². The number of esters is 1. The second-order valence-electron chi connectivity index (χ2n) is 2.95. The van der Waals surface area contributed by atoms with Gasteiger partial charge in [0.1, 0.15) is 0 Å². The minimum Gasteiger partial charge on any atom is -0.478 e. The van der Waals surface area contributed by atoms with Gasteiger partial charge in [-0.25, -0.2) is 4.79 Å². The van der Waals surface area contributed by atoms with Gasteiger partial charge in [-0.2, -0.15) is 0 Å². The molecule has 96 valence electrons. The van der Waals surface area contributed by atoms with Crippen LogP contribution in [0.15, 0.2) is 12.7 Å². The lowest BCUT2D eigenvalue weighted by Gasteiger charge is -2.07. The Morgan fingerprint density at radius 2 is 1.59 bits per heavy atom. The Morgan fingerprint density at radius 3 is 1.76 bits per heavy atom. The van der Waals surface area contributed by atoms with Gasteiger partial charge in [-0.05, 0) is 20.8 Å². The molecule has 0 unspecified atom stereocenters. The Labute approximate surface area is 99.3 Å². The number of ketones is 2. The van der Waals surface area contributed by atoms with E-state index in [4.69, 9.17) is 5.11 Å². The summed E-state index contributed by atoms with van der Waals surface area (Å²) in [5, 5.41) is 7.60. The molecular weight excluding hydrogens is 228 g/mol. The first kappa shape index (κ1) is 17.4. The predicted molar refractivity (Wildman–Crippen MR) is 59.3 cm³/mol. The summed E-state index contributed by atoms with van der Waals surface area (Å²) in [5.41, 5.74) is 0. The molecule has 6 nitrogen and oxygen atoms in total. The molecule has 0 fully saturated rings. The number of carboxylic acid groups (broad SMARTS) is 1. The molecule has 0 radical (unpaired) electrons. The first-order chi connectivity index (χ1) is 7.77. The highest BCUT2D eigenvalue weighted by Gasteiger charge is 2.28. The number of rotatable bonds is 5. The molecule has 17 heavy (non-hydrogen) atoms. The Bertz CT molecular complexity index is 304. The smallest absolute Gasteiger partial charge is 0.327 e. The van der Waals surface area contributed by atoms with Gasteiger partial charge in [0.2, 0.25) is 0 Å². The first-order valence-electron chi connectivity index (χ1n) is 4.80. The van der Waals surface area contributed by atoms with Gasteiger partial charge in [-0.3, -0.25) is 14.4 Å². The van der Waals surface area contributed by atoms with Gasteiger partial charge < -0.3 is 9.84 Å². The van der Waals surface area contributed by atoms with Crippen LogP contribution in [0, 0.1) is 5.92 Å². The highest BCUT2D eigenvalue weighted by molar-refractivity contribution is 6.15. The van der Waals surface area contributed by atoms with Crippen LogP contribution in [0.4, 0.5) is 0 Å². The van der Waals surface area contributed by atoms with E-state index in [0.29, 0.717) is 0 Å². The van der Waals surface area contributed by atoms with Crippen LogP contribution < -0.4 is 0 Å². The van der Waals surface area contributed by atoms with E-state index >= 15 is 0 Å². The molecule has 0 saturated heterocycles. The molecule has 1 N–H and O–H groups in total. The zero-order chi connectivity index (χ0) is 14.0. The fourth-order valence-corrected chi connectivity index (χ4v) is 0.844. The van der Waals surface area contributed by atoms with Gasteiger partial charge in [-0.1, -0.05) is 6.58 Å². The largest absolute Gasteiger partial charge is 0.478 e. The standard InChI is InChI=1S/C8H12O4.C3H4O2/c1-4-12-8(11)7(5(2)9)6(3)10;1-2-3(4)5/h7H,4H2,1-3H3;2H,1H2,(H,4,5). The fourth-order valence-electron chi connectivity index (χ4n) is 0.844. The SMILES string of the molecule is C=CC(=O)O.CCOC(=O)C(C(C)=O)C(C)=O. The summed E-state index contributed by atoms with van der Waals surface area (Å²) in [6, 6.07) is 0. The molecule has 0 aromatic carbocycles. The monoisotopic (exact) mass is 244 g/mol. The molecule has 0 aliphatic heterocycles. The zero-order valence-electron chi connectivity index (χ0n) is 10.1. The molecule has 0 spiro atoms. The molecule has 0 aromatic rings. The number of hydrogen-bond donors (Lipinski definition) is 1. The minimum atomic E-state index is -1.23. The van der Waals surface area contributed by atoms with Crippen molar-refractivity contribution in [3.05, 3.63) is 12.7 Å². The van der Waals surface area contributed by atoms with Crippen molar-refractivity contribution >= 4 is 23.5 Å². The van der Waals surface area contributed by atoms with Crippen molar-refractivity contribution in [3.8, 4) is 0 Å². The molecule has 0 aliphatic carbocycles. The van der Waals surface area contributed by atoms with Crippen LogP contribution in [-0.4, -0.2) is 35.2 Å². The van der Waals surface area contributed by atoms with E-state index in [2.05, 4.69) is 11.3 Å². The lowest BCUT2D eigenvalue weighted by molar-refractivity contribution is -0.154. The Hall–Kier alpha value is -1.98. The Balaban J connectivity index is 0. The molecule has 0 aliphatic rings. The molecule has 0 heterocycles. The maximum Gasteiger partial charge on any atom is 0.327 e. The summed E-state index contributed by atoms with van der Waals surface area (Å²) in [5.74, 6) is -3.91. The summed E-state index contributed by atoms with van der Waals surface area (Å²) in [4.78, 5) is 41.8. The number of carbonyl (C=O) groups is 4. The number of carbonyl (C=O) groups excluding carboxylic acids is 3. The molecular formula is C11H16O6. The van der Waals surface area contributed by atoms with Crippen molar-refractivity contribution in [1.29, 1.82) is 0 Å². The maximum absolute atomic E-state index is 11.0.